The smallest absolute Gasteiger partial charge is 0.255 e. The largest absolute Gasteiger partial charge is 0.496 e. The summed E-state index contributed by atoms with van der Waals surface area (Å²) in [6, 6.07) is 5.70. The van der Waals surface area contributed by atoms with E-state index in [0.29, 0.717) is 17.9 Å². The molecule has 2 aliphatic rings. The van der Waals surface area contributed by atoms with Gasteiger partial charge in [0, 0.05) is 30.3 Å². The van der Waals surface area contributed by atoms with E-state index in [2.05, 4.69) is 0 Å². The maximum atomic E-state index is 13.3. The highest BCUT2D eigenvalue weighted by Crippen LogP contribution is 2.40. The highest BCUT2D eigenvalue weighted by atomic mass is 16.5. The molecular formula is C20H28N2O3. The number of hydrogen-bond donors (Lipinski definition) is 0. The second-order valence-corrected chi connectivity index (χ2v) is 7.42. The summed E-state index contributed by atoms with van der Waals surface area (Å²) in [5.41, 5.74) is 0.811. The van der Waals surface area contributed by atoms with Crippen LogP contribution in [0.25, 0.3) is 0 Å². The highest BCUT2D eigenvalue weighted by Gasteiger charge is 2.53. The molecule has 1 aromatic rings. The first-order chi connectivity index (χ1) is 11.9. The lowest BCUT2D eigenvalue weighted by Crippen LogP contribution is -2.62. The maximum absolute atomic E-state index is 13.3. The van der Waals surface area contributed by atoms with Crippen LogP contribution in [-0.4, -0.2) is 53.4 Å². The number of carbonyl (C=O) groups excluding carboxylic acids is 2. The van der Waals surface area contributed by atoms with Crippen molar-refractivity contribution in [3.63, 3.8) is 0 Å². The molecule has 25 heavy (non-hydrogen) atoms. The van der Waals surface area contributed by atoms with E-state index in [1.807, 2.05) is 48.8 Å². The Kier molecular flexibility index (Phi) is 4.76. The minimum absolute atomic E-state index is 0.0483. The van der Waals surface area contributed by atoms with Crippen molar-refractivity contribution >= 4 is 11.8 Å². The van der Waals surface area contributed by atoms with Crippen molar-refractivity contribution in [3.05, 3.63) is 29.3 Å². The van der Waals surface area contributed by atoms with E-state index in [1.165, 1.54) is 0 Å². The van der Waals surface area contributed by atoms with E-state index in [4.69, 9.17) is 4.74 Å². The predicted molar refractivity (Wildman–Crippen MR) is 96.8 cm³/mol. The third kappa shape index (κ3) is 2.79. The Balaban J connectivity index is 1.96. The van der Waals surface area contributed by atoms with E-state index in [9.17, 15) is 9.59 Å². The fourth-order valence-corrected chi connectivity index (χ4v) is 4.38. The first-order valence-electron chi connectivity index (χ1n) is 9.19. The van der Waals surface area contributed by atoms with Crippen molar-refractivity contribution in [3.8, 4) is 5.75 Å². The molecule has 0 saturated carbocycles. The molecule has 2 amide bonds. The lowest BCUT2D eigenvalue weighted by atomic mass is 9.84. The van der Waals surface area contributed by atoms with Crippen molar-refractivity contribution in [2.45, 2.75) is 58.0 Å². The van der Waals surface area contributed by atoms with Gasteiger partial charge in [-0.2, -0.15) is 0 Å². The lowest BCUT2D eigenvalue weighted by Gasteiger charge is -2.46. The summed E-state index contributed by atoms with van der Waals surface area (Å²) in [6.45, 7) is 7.43. The van der Waals surface area contributed by atoms with Gasteiger partial charge >= 0.3 is 0 Å². The SMILES string of the molecule is COc1cccc(C(=O)N2CCCC23CCCN(C(C)C)C3=O)c1C. The molecule has 0 aromatic heterocycles. The van der Waals surface area contributed by atoms with Crippen LogP contribution in [0, 0.1) is 6.92 Å². The van der Waals surface area contributed by atoms with Crippen molar-refractivity contribution in [1.82, 2.24) is 9.80 Å². The van der Waals surface area contributed by atoms with Crippen LogP contribution in [0.3, 0.4) is 0 Å². The standard InChI is InChI=1S/C20H28N2O3/c1-14(2)21-12-6-10-20(19(21)24)11-7-13-22(20)18(23)16-8-5-9-17(25-4)15(16)3/h5,8-9,14H,6-7,10-13H2,1-4H3. The van der Waals surface area contributed by atoms with Crippen LogP contribution in [0.2, 0.25) is 0 Å². The normalized spacial score (nSPS) is 23.6. The van der Waals surface area contributed by atoms with Crippen molar-refractivity contribution in [1.29, 1.82) is 0 Å². The van der Waals surface area contributed by atoms with Crippen LogP contribution in [-0.2, 0) is 4.79 Å². The zero-order valence-corrected chi connectivity index (χ0v) is 15.7. The molecule has 0 N–H and O–H groups in total. The highest BCUT2D eigenvalue weighted by molar-refractivity contribution is 6.01. The summed E-state index contributed by atoms with van der Waals surface area (Å²) in [5.74, 6) is 0.783. The summed E-state index contributed by atoms with van der Waals surface area (Å²) in [5, 5.41) is 0. The molecule has 5 heteroatoms. The van der Waals surface area contributed by atoms with Crippen LogP contribution in [0.1, 0.15) is 55.5 Å². The fraction of sp³-hybridized carbons (Fsp3) is 0.600. The Morgan fingerprint density at radius 1 is 1.20 bits per heavy atom. The number of carbonyl (C=O) groups is 2. The van der Waals surface area contributed by atoms with Gasteiger partial charge in [-0.3, -0.25) is 9.59 Å². The number of piperidine rings is 1. The van der Waals surface area contributed by atoms with Crippen LogP contribution in [0.4, 0.5) is 0 Å². The Labute approximate surface area is 149 Å². The molecule has 1 atom stereocenters. The van der Waals surface area contributed by atoms with Gasteiger partial charge in [0.05, 0.1) is 7.11 Å². The van der Waals surface area contributed by atoms with E-state index in [1.54, 1.807) is 7.11 Å². The number of rotatable bonds is 3. The Bertz CT molecular complexity index is 686. The number of methoxy groups -OCH3 is 1. The monoisotopic (exact) mass is 344 g/mol. The molecule has 1 unspecified atom stereocenters. The lowest BCUT2D eigenvalue weighted by molar-refractivity contribution is -0.147. The van der Waals surface area contributed by atoms with Crippen LogP contribution in [0.5, 0.6) is 5.75 Å². The topological polar surface area (TPSA) is 49.9 Å². The first kappa shape index (κ1) is 17.8. The van der Waals surface area contributed by atoms with E-state index in [-0.39, 0.29) is 17.9 Å². The molecule has 1 spiro atoms. The second-order valence-electron chi connectivity index (χ2n) is 7.42. The van der Waals surface area contributed by atoms with Crippen molar-refractivity contribution < 1.29 is 14.3 Å². The molecule has 0 aliphatic carbocycles. The summed E-state index contributed by atoms with van der Waals surface area (Å²) in [4.78, 5) is 30.4. The average molecular weight is 344 g/mol. The Morgan fingerprint density at radius 2 is 1.88 bits per heavy atom. The zero-order valence-electron chi connectivity index (χ0n) is 15.7. The van der Waals surface area contributed by atoms with Crippen LogP contribution >= 0.6 is 0 Å². The molecule has 0 radical (unpaired) electrons. The van der Waals surface area contributed by atoms with Crippen LogP contribution < -0.4 is 4.74 Å². The fourth-order valence-electron chi connectivity index (χ4n) is 4.38. The molecule has 1 aromatic carbocycles. The average Bonchev–Trinajstić information content (AvgIpc) is 3.01. The van der Waals surface area contributed by atoms with Gasteiger partial charge in [-0.25, -0.2) is 0 Å². The zero-order chi connectivity index (χ0) is 18.2. The van der Waals surface area contributed by atoms with Gasteiger partial charge in [0.25, 0.3) is 5.91 Å². The summed E-state index contributed by atoms with van der Waals surface area (Å²) in [6.07, 6.45) is 3.37. The van der Waals surface area contributed by atoms with E-state index < -0.39 is 5.54 Å². The molecule has 5 nitrogen and oxygen atoms in total. The molecular weight excluding hydrogens is 316 g/mol. The van der Waals surface area contributed by atoms with E-state index >= 15 is 0 Å². The molecule has 2 aliphatic heterocycles. The second kappa shape index (κ2) is 6.70. The van der Waals surface area contributed by atoms with Gasteiger partial charge in [-0.15, -0.1) is 0 Å². The Morgan fingerprint density at radius 3 is 2.52 bits per heavy atom. The minimum atomic E-state index is -0.658. The summed E-state index contributed by atoms with van der Waals surface area (Å²) < 4.78 is 5.36. The summed E-state index contributed by atoms with van der Waals surface area (Å²) in [7, 11) is 1.61. The third-order valence-corrected chi connectivity index (χ3v) is 5.74. The van der Waals surface area contributed by atoms with Gasteiger partial charge in [0.1, 0.15) is 11.3 Å². The number of nitrogens with zero attached hydrogens (tertiary/aromatic N) is 2. The van der Waals surface area contributed by atoms with Gasteiger partial charge in [0.2, 0.25) is 5.91 Å². The number of hydrogen-bond acceptors (Lipinski definition) is 3. The number of benzene rings is 1. The summed E-state index contributed by atoms with van der Waals surface area (Å²) >= 11 is 0. The molecule has 0 bridgehead atoms. The first-order valence-corrected chi connectivity index (χ1v) is 9.19. The molecule has 136 valence electrons. The van der Waals surface area contributed by atoms with Crippen molar-refractivity contribution in [2.75, 3.05) is 20.2 Å². The van der Waals surface area contributed by atoms with Crippen LogP contribution in [0.15, 0.2) is 18.2 Å². The third-order valence-electron chi connectivity index (χ3n) is 5.74. The van der Waals surface area contributed by atoms with Gasteiger partial charge in [0.15, 0.2) is 0 Å². The van der Waals surface area contributed by atoms with Gasteiger partial charge in [-0.1, -0.05) is 6.07 Å². The maximum Gasteiger partial charge on any atom is 0.255 e. The number of amides is 2. The number of likely N-dealkylation sites (tertiary alicyclic amines) is 2. The van der Waals surface area contributed by atoms with E-state index in [0.717, 1.165) is 37.8 Å². The molecule has 2 heterocycles. The number of ether oxygens (including phenoxy) is 1. The quantitative estimate of drug-likeness (QED) is 0.847. The van der Waals surface area contributed by atoms with Gasteiger partial charge in [-0.05, 0) is 58.6 Å². The minimum Gasteiger partial charge on any atom is -0.496 e. The predicted octanol–water partition coefficient (Wildman–Crippen LogP) is 3.01. The molecule has 3 rings (SSSR count). The van der Waals surface area contributed by atoms with Gasteiger partial charge < -0.3 is 14.5 Å². The molecule has 2 fully saturated rings. The Hall–Kier alpha value is -2.04. The molecule has 2 saturated heterocycles. The van der Waals surface area contributed by atoms with Crippen molar-refractivity contribution in [2.24, 2.45) is 0 Å².